The summed E-state index contributed by atoms with van der Waals surface area (Å²) in [6.07, 6.45) is 3.55. The van der Waals surface area contributed by atoms with Crippen molar-refractivity contribution in [3.8, 4) is 17.2 Å². The maximum absolute atomic E-state index is 5.80. The summed E-state index contributed by atoms with van der Waals surface area (Å²) in [5.74, 6) is 2.16. The van der Waals surface area contributed by atoms with E-state index in [4.69, 9.17) is 15.2 Å². The lowest BCUT2D eigenvalue weighted by Crippen LogP contribution is -1.93. The summed E-state index contributed by atoms with van der Waals surface area (Å²) in [5.41, 5.74) is 7.73. The summed E-state index contributed by atoms with van der Waals surface area (Å²) in [6.45, 7) is 2.20. The zero-order chi connectivity index (χ0) is 14.4. The number of unbranched alkanes of at least 4 members (excludes halogenated alkanes) is 1. The number of nitrogen functional groups attached to an aromatic ring is 1. The van der Waals surface area contributed by atoms with Crippen molar-refractivity contribution < 1.29 is 9.47 Å². The second-order valence-electron chi connectivity index (χ2n) is 4.75. The Morgan fingerprint density at radius 2 is 1.70 bits per heavy atom. The van der Waals surface area contributed by atoms with Crippen molar-refractivity contribution in [2.24, 2.45) is 0 Å². The van der Waals surface area contributed by atoms with E-state index < -0.39 is 0 Å². The van der Waals surface area contributed by atoms with Gasteiger partial charge in [-0.1, -0.05) is 25.5 Å². The summed E-state index contributed by atoms with van der Waals surface area (Å²) in [4.78, 5) is 0. The molecule has 2 aromatic carbocycles. The SMILES string of the molecule is CCCCc1ccc(Oc2ccc(N)c(OC)c2)cc1. The van der Waals surface area contributed by atoms with Gasteiger partial charge >= 0.3 is 0 Å². The molecular formula is C17H21NO2. The normalized spacial score (nSPS) is 10.3. The van der Waals surface area contributed by atoms with Crippen molar-refractivity contribution in [1.82, 2.24) is 0 Å². The van der Waals surface area contributed by atoms with Crippen LogP contribution in [0.4, 0.5) is 5.69 Å². The molecule has 0 aliphatic rings. The van der Waals surface area contributed by atoms with E-state index in [-0.39, 0.29) is 0 Å². The molecule has 0 aromatic heterocycles. The van der Waals surface area contributed by atoms with Gasteiger partial charge in [-0.2, -0.15) is 0 Å². The van der Waals surface area contributed by atoms with Gasteiger partial charge in [-0.05, 0) is 42.7 Å². The van der Waals surface area contributed by atoms with Crippen molar-refractivity contribution in [3.05, 3.63) is 48.0 Å². The Hall–Kier alpha value is -2.16. The topological polar surface area (TPSA) is 44.5 Å². The van der Waals surface area contributed by atoms with Crippen LogP contribution in [0.15, 0.2) is 42.5 Å². The fourth-order valence-electron chi connectivity index (χ4n) is 2.00. The van der Waals surface area contributed by atoms with Crippen molar-refractivity contribution >= 4 is 5.69 Å². The third-order valence-electron chi connectivity index (χ3n) is 3.18. The molecule has 3 heteroatoms. The zero-order valence-electron chi connectivity index (χ0n) is 12.1. The van der Waals surface area contributed by atoms with E-state index in [1.807, 2.05) is 18.2 Å². The van der Waals surface area contributed by atoms with Gasteiger partial charge in [0.05, 0.1) is 12.8 Å². The molecule has 0 bridgehead atoms. The first-order valence-electron chi connectivity index (χ1n) is 6.93. The Bertz CT molecular complexity index is 549. The van der Waals surface area contributed by atoms with E-state index in [2.05, 4.69) is 19.1 Å². The van der Waals surface area contributed by atoms with E-state index in [0.29, 0.717) is 11.4 Å². The summed E-state index contributed by atoms with van der Waals surface area (Å²) in [5, 5.41) is 0. The molecular weight excluding hydrogens is 250 g/mol. The molecule has 0 radical (unpaired) electrons. The standard InChI is InChI=1S/C17H21NO2/c1-3-4-5-13-6-8-14(9-7-13)20-15-10-11-16(18)17(12-15)19-2/h6-12H,3-5,18H2,1-2H3. The zero-order valence-corrected chi connectivity index (χ0v) is 12.1. The minimum absolute atomic E-state index is 0.606. The van der Waals surface area contributed by atoms with Crippen LogP contribution in [0.2, 0.25) is 0 Å². The first-order valence-corrected chi connectivity index (χ1v) is 6.93. The Balaban J connectivity index is 2.06. The lowest BCUT2D eigenvalue weighted by atomic mass is 10.1. The van der Waals surface area contributed by atoms with Crippen LogP contribution in [0.25, 0.3) is 0 Å². The van der Waals surface area contributed by atoms with Crippen LogP contribution >= 0.6 is 0 Å². The minimum atomic E-state index is 0.606. The molecule has 3 nitrogen and oxygen atoms in total. The average molecular weight is 271 g/mol. The first-order chi connectivity index (χ1) is 9.72. The number of benzene rings is 2. The number of nitrogens with two attached hydrogens (primary N) is 1. The van der Waals surface area contributed by atoms with Crippen LogP contribution in [0.5, 0.6) is 17.2 Å². The fraction of sp³-hybridized carbons (Fsp3) is 0.294. The number of aryl methyl sites for hydroxylation is 1. The molecule has 2 N–H and O–H groups in total. The van der Waals surface area contributed by atoms with Gasteiger partial charge < -0.3 is 15.2 Å². The molecule has 0 spiro atoms. The van der Waals surface area contributed by atoms with E-state index >= 15 is 0 Å². The van der Waals surface area contributed by atoms with Gasteiger partial charge in [-0.15, -0.1) is 0 Å². The van der Waals surface area contributed by atoms with Crippen molar-refractivity contribution in [2.45, 2.75) is 26.2 Å². The number of hydrogen-bond donors (Lipinski definition) is 1. The van der Waals surface area contributed by atoms with E-state index in [1.165, 1.54) is 18.4 Å². The lowest BCUT2D eigenvalue weighted by molar-refractivity contribution is 0.411. The number of ether oxygens (including phenoxy) is 2. The van der Waals surface area contributed by atoms with E-state index in [1.54, 1.807) is 19.2 Å². The average Bonchev–Trinajstić information content (AvgIpc) is 2.48. The molecule has 0 saturated heterocycles. The Kier molecular flexibility index (Phi) is 4.88. The molecule has 0 saturated carbocycles. The summed E-state index contributed by atoms with van der Waals surface area (Å²) < 4.78 is 11.0. The van der Waals surface area contributed by atoms with Gasteiger partial charge in [0, 0.05) is 6.07 Å². The van der Waals surface area contributed by atoms with Gasteiger partial charge in [-0.3, -0.25) is 0 Å². The minimum Gasteiger partial charge on any atom is -0.494 e. The molecule has 0 aliphatic heterocycles. The van der Waals surface area contributed by atoms with Gasteiger partial charge in [0.15, 0.2) is 0 Å². The Morgan fingerprint density at radius 1 is 1.00 bits per heavy atom. The van der Waals surface area contributed by atoms with Crippen molar-refractivity contribution in [1.29, 1.82) is 0 Å². The molecule has 106 valence electrons. The predicted molar refractivity (Wildman–Crippen MR) is 82.5 cm³/mol. The Labute approximate surface area is 120 Å². The predicted octanol–water partition coefficient (Wildman–Crippen LogP) is 4.41. The monoisotopic (exact) mass is 271 g/mol. The maximum Gasteiger partial charge on any atom is 0.145 e. The maximum atomic E-state index is 5.80. The second-order valence-corrected chi connectivity index (χ2v) is 4.75. The highest BCUT2D eigenvalue weighted by molar-refractivity contribution is 5.56. The number of anilines is 1. The molecule has 2 aromatic rings. The molecule has 2 rings (SSSR count). The lowest BCUT2D eigenvalue weighted by Gasteiger charge is -2.09. The van der Waals surface area contributed by atoms with E-state index in [9.17, 15) is 0 Å². The highest BCUT2D eigenvalue weighted by atomic mass is 16.5. The molecule has 0 aliphatic carbocycles. The molecule has 0 heterocycles. The molecule has 0 fully saturated rings. The molecule has 0 unspecified atom stereocenters. The summed E-state index contributed by atoms with van der Waals surface area (Å²) in [6, 6.07) is 13.6. The third-order valence-corrected chi connectivity index (χ3v) is 3.18. The number of rotatable bonds is 6. The largest absolute Gasteiger partial charge is 0.494 e. The fourth-order valence-corrected chi connectivity index (χ4v) is 2.00. The quantitative estimate of drug-likeness (QED) is 0.791. The highest BCUT2D eigenvalue weighted by Gasteiger charge is 2.03. The van der Waals surface area contributed by atoms with Crippen LogP contribution in [-0.4, -0.2) is 7.11 Å². The highest BCUT2D eigenvalue weighted by Crippen LogP contribution is 2.29. The van der Waals surface area contributed by atoms with Gasteiger partial charge in [0.2, 0.25) is 0 Å². The number of hydrogen-bond acceptors (Lipinski definition) is 3. The van der Waals surface area contributed by atoms with Crippen LogP contribution in [-0.2, 0) is 6.42 Å². The molecule has 0 atom stereocenters. The smallest absolute Gasteiger partial charge is 0.145 e. The van der Waals surface area contributed by atoms with Crippen molar-refractivity contribution in [3.63, 3.8) is 0 Å². The second kappa shape index (κ2) is 6.85. The van der Waals surface area contributed by atoms with Gasteiger partial charge in [0.25, 0.3) is 0 Å². The first kappa shape index (κ1) is 14.3. The third kappa shape index (κ3) is 3.67. The summed E-state index contributed by atoms with van der Waals surface area (Å²) >= 11 is 0. The van der Waals surface area contributed by atoms with Crippen LogP contribution in [0.1, 0.15) is 25.3 Å². The molecule has 0 amide bonds. The van der Waals surface area contributed by atoms with Crippen LogP contribution in [0.3, 0.4) is 0 Å². The van der Waals surface area contributed by atoms with Crippen molar-refractivity contribution in [2.75, 3.05) is 12.8 Å². The Morgan fingerprint density at radius 3 is 2.35 bits per heavy atom. The summed E-state index contributed by atoms with van der Waals surface area (Å²) in [7, 11) is 1.60. The van der Waals surface area contributed by atoms with Crippen LogP contribution in [0, 0.1) is 0 Å². The van der Waals surface area contributed by atoms with Gasteiger partial charge in [-0.25, -0.2) is 0 Å². The van der Waals surface area contributed by atoms with Gasteiger partial charge in [0.1, 0.15) is 17.2 Å². The number of methoxy groups -OCH3 is 1. The van der Waals surface area contributed by atoms with Crippen LogP contribution < -0.4 is 15.2 Å². The van der Waals surface area contributed by atoms with E-state index in [0.717, 1.165) is 17.9 Å². The molecule has 20 heavy (non-hydrogen) atoms.